The molecule has 0 aliphatic carbocycles. The normalized spacial score (nSPS) is 21.8. The van der Waals surface area contributed by atoms with Crippen molar-refractivity contribution in [3.63, 3.8) is 0 Å². The molecule has 3 atom stereocenters. The summed E-state index contributed by atoms with van der Waals surface area (Å²) < 4.78 is 18.5. The van der Waals surface area contributed by atoms with Crippen molar-refractivity contribution in [2.45, 2.75) is 81.7 Å². The topological polar surface area (TPSA) is 81.7 Å². The molecule has 1 saturated heterocycles. The zero-order valence-corrected chi connectivity index (χ0v) is 18.5. The molecule has 0 bridgehead atoms. The van der Waals surface area contributed by atoms with Gasteiger partial charge in [-0.3, -0.25) is 9.69 Å². The van der Waals surface area contributed by atoms with Crippen LogP contribution < -0.4 is 5.32 Å². The van der Waals surface area contributed by atoms with E-state index in [0.29, 0.717) is 19.4 Å². The van der Waals surface area contributed by atoms with Crippen LogP contribution in [0.5, 0.6) is 0 Å². The first-order chi connectivity index (χ1) is 12.9. The van der Waals surface area contributed by atoms with E-state index in [4.69, 9.17) is 4.74 Å². The number of hydrogen-bond donors (Lipinski definition) is 1. The first-order valence-corrected chi connectivity index (χ1v) is 10.9. The van der Waals surface area contributed by atoms with E-state index in [9.17, 15) is 14.1 Å². The molecule has 1 aliphatic heterocycles. The number of benzene rings is 1. The summed E-state index contributed by atoms with van der Waals surface area (Å²) in [5.41, 5.74) is -1.08. The van der Waals surface area contributed by atoms with Gasteiger partial charge in [0.1, 0.15) is 16.9 Å². The first kappa shape index (κ1) is 22.6. The van der Waals surface area contributed by atoms with Gasteiger partial charge >= 0.3 is 6.09 Å². The highest BCUT2D eigenvalue weighted by Crippen LogP contribution is 2.29. The average Bonchev–Trinajstić information content (AvgIpc) is 2.58. The Bertz CT molecular complexity index is 682. The molecule has 1 aliphatic rings. The molecular weight excluding hydrogens is 376 g/mol. The van der Waals surface area contributed by atoms with Gasteiger partial charge in [-0.25, -0.2) is 4.79 Å². The van der Waals surface area contributed by atoms with E-state index in [1.165, 1.54) is 4.90 Å². The lowest BCUT2D eigenvalue weighted by Crippen LogP contribution is -2.58. The van der Waals surface area contributed by atoms with E-state index in [1.54, 1.807) is 20.8 Å². The fourth-order valence-corrected chi connectivity index (χ4v) is 4.60. The van der Waals surface area contributed by atoms with Gasteiger partial charge in [-0.2, -0.15) is 0 Å². The van der Waals surface area contributed by atoms with Crippen LogP contribution in [0, 0.1) is 0 Å². The zero-order chi connectivity index (χ0) is 21.1. The minimum atomic E-state index is -1.24. The molecule has 0 saturated carbocycles. The second-order valence-electron chi connectivity index (χ2n) is 9.19. The Labute approximate surface area is 171 Å². The average molecular weight is 409 g/mol. The van der Waals surface area contributed by atoms with Crippen LogP contribution >= 0.6 is 0 Å². The van der Waals surface area contributed by atoms with Crippen molar-refractivity contribution in [2.24, 2.45) is 0 Å². The minimum Gasteiger partial charge on any atom is -0.611 e. The van der Waals surface area contributed by atoms with Crippen molar-refractivity contribution >= 4 is 23.2 Å². The minimum absolute atomic E-state index is 0.197. The number of amides is 2. The standard InChI is InChI=1S/C21H32N2O4S/c1-20(2,3)22-18(24)17-14-16(28(26)15-10-8-7-9-11-15)12-13-23(17)19(25)27-21(4,5)6/h7-11,16-17H,12-14H2,1-6H3,(H,22,24). The van der Waals surface area contributed by atoms with Crippen LogP contribution in [0.1, 0.15) is 54.4 Å². The molecule has 2 rings (SSSR count). The number of ether oxygens (including phenoxy) is 1. The van der Waals surface area contributed by atoms with Gasteiger partial charge in [0.05, 0.1) is 0 Å². The van der Waals surface area contributed by atoms with E-state index < -0.39 is 34.5 Å². The fraction of sp³-hybridized carbons (Fsp3) is 0.619. The number of rotatable bonds is 3. The van der Waals surface area contributed by atoms with Gasteiger partial charge in [-0.15, -0.1) is 0 Å². The van der Waals surface area contributed by atoms with Gasteiger partial charge in [0.25, 0.3) is 0 Å². The molecule has 1 heterocycles. The maximum atomic E-state index is 13.0. The van der Waals surface area contributed by atoms with Gasteiger partial charge in [0, 0.05) is 24.9 Å². The van der Waals surface area contributed by atoms with Crippen molar-refractivity contribution < 1.29 is 18.9 Å². The van der Waals surface area contributed by atoms with Crippen LogP contribution in [0.25, 0.3) is 0 Å². The maximum absolute atomic E-state index is 13.0. The summed E-state index contributed by atoms with van der Waals surface area (Å²) in [6.45, 7) is 11.4. The number of hydrogen-bond acceptors (Lipinski definition) is 4. The van der Waals surface area contributed by atoms with E-state index >= 15 is 0 Å². The van der Waals surface area contributed by atoms with Crippen molar-refractivity contribution in [2.75, 3.05) is 6.54 Å². The molecule has 3 unspecified atom stereocenters. The number of carbonyl (C=O) groups excluding carboxylic acids is 2. The van der Waals surface area contributed by atoms with Crippen LogP contribution in [0.3, 0.4) is 0 Å². The van der Waals surface area contributed by atoms with E-state index in [1.807, 2.05) is 51.1 Å². The third kappa shape index (κ3) is 6.41. The summed E-state index contributed by atoms with van der Waals surface area (Å²) in [4.78, 5) is 27.8. The summed E-state index contributed by atoms with van der Waals surface area (Å²) in [6.07, 6.45) is 0.383. The Morgan fingerprint density at radius 2 is 1.75 bits per heavy atom. The number of piperidine rings is 1. The summed E-state index contributed by atoms with van der Waals surface area (Å²) >= 11 is -1.24. The van der Waals surface area contributed by atoms with Crippen LogP contribution in [-0.4, -0.2) is 50.4 Å². The Kier molecular flexibility index (Phi) is 7.04. The predicted octanol–water partition coefficient (Wildman–Crippen LogP) is 3.48. The highest BCUT2D eigenvalue weighted by molar-refractivity contribution is 7.92. The summed E-state index contributed by atoms with van der Waals surface area (Å²) in [5, 5.41) is 2.75. The second kappa shape index (κ2) is 8.74. The summed E-state index contributed by atoms with van der Waals surface area (Å²) in [6, 6.07) is 8.55. The van der Waals surface area contributed by atoms with Crippen molar-refractivity contribution in [3.05, 3.63) is 30.3 Å². The van der Waals surface area contributed by atoms with Crippen molar-refractivity contribution in [1.29, 1.82) is 0 Å². The van der Waals surface area contributed by atoms with Crippen LogP contribution in [0.15, 0.2) is 35.2 Å². The molecule has 28 heavy (non-hydrogen) atoms. The molecule has 156 valence electrons. The summed E-state index contributed by atoms with van der Waals surface area (Å²) in [7, 11) is 0. The molecule has 1 aromatic rings. The smallest absolute Gasteiger partial charge is 0.410 e. The van der Waals surface area contributed by atoms with E-state index in [-0.39, 0.29) is 11.2 Å². The SMILES string of the molecule is CC(C)(C)NC(=O)C1CC([S+]([O-])c2ccccc2)CCN1C(=O)OC(C)(C)C. The van der Waals surface area contributed by atoms with Crippen molar-refractivity contribution in [1.82, 2.24) is 10.2 Å². The molecule has 1 aromatic carbocycles. The number of carbonyl (C=O) groups is 2. The highest BCUT2D eigenvalue weighted by Gasteiger charge is 2.43. The Balaban J connectivity index is 2.21. The number of nitrogens with zero attached hydrogens (tertiary/aromatic N) is 1. The Morgan fingerprint density at radius 1 is 1.14 bits per heavy atom. The molecule has 0 aromatic heterocycles. The fourth-order valence-electron chi connectivity index (χ4n) is 3.12. The quantitative estimate of drug-likeness (QED) is 0.777. The molecule has 1 fully saturated rings. The van der Waals surface area contributed by atoms with Gasteiger partial charge < -0.3 is 14.6 Å². The Hall–Kier alpha value is -1.73. The van der Waals surface area contributed by atoms with E-state index in [0.717, 1.165) is 4.90 Å². The predicted molar refractivity (Wildman–Crippen MR) is 110 cm³/mol. The van der Waals surface area contributed by atoms with Crippen LogP contribution in [0.4, 0.5) is 4.79 Å². The second-order valence-corrected chi connectivity index (χ2v) is 10.9. The molecule has 1 N–H and O–H groups in total. The molecule has 6 nitrogen and oxygen atoms in total. The van der Waals surface area contributed by atoms with Crippen LogP contribution in [-0.2, 0) is 20.7 Å². The lowest BCUT2D eigenvalue weighted by Gasteiger charge is -2.40. The number of nitrogens with one attached hydrogen (secondary N) is 1. The molecule has 2 amide bonds. The third-order valence-electron chi connectivity index (χ3n) is 4.26. The zero-order valence-electron chi connectivity index (χ0n) is 17.7. The third-order valence-corrected chi connectivity index (χ3v) is 6.03. The highest BCUT2D eigenvalue weighted by atomic mass is 32.2. The van der Waals surface area contributed by atoms with Gasteiger partial charge in [-0.1, -0.05) is 18.2 Å². The molecule has 0 radical (unpaired) electrons. The van der Waals surface area contributed by atoms with Gasteiger partial charge in [0.2, 0.25) is 5.91 Å². The molecule has 7 heteroatoms. The first-order valence-electron chi connectivity index (χ1n) is 9.65. The van der Waals surface area contributed by atoms with Gasteiger partial charge in [0.15, 0.2) is 4.90 Å². The number of likely N-dealkylation sites (tertiary alicyclic amines) is 1. The molecular formula is C21H32N2O4S. The van der Waals surface area contributed by atoms with Crippen LogP contribution in [0.2, 0.25) is 0 Å². The maximum Gasteiger partial charge on any atom is 0.410 e. The lowest BCUT2D eigenvalue weighted by atomic mass is 9.99. The largest absolute Gasteiger partial charge is 0.611 e. The van der Waals surface area contributed by atoms with Gasteiger partial charge in [-0.05, 0) is 64.9 Å². The Morgan fingerprint density at radius 3 is 2.29 bits per heavy atom. The van der Waals surface area contributed by atoms with E-state index in [2.05, 4.69) is 5.32 Å². The lowest BCUT2D eigenvalue weighted by molar-refractivity contribution is -0.129. The van der Waals surface area contributed by atoms with Crippen molar-refractivity contribution in [3.8, 4) is 0 Å². The summed E-state index contributed by atoms with van der Waals surface area (Å²) in [5.74, 6) is -0.242. The monoisotopic (exact) mass is 408 g/mol. The molecule has 0 spiro atoms.